The number of hydrogen-bond acceptors (Lipinski definition) is 3. The summed E-state index contributed by atoms with van der Waals surface area (Å²) in [6.45, 7) is 14.0. The van der Waals surface area contributed by atoms with Crippen LogP contribution in [0.1, 0.15) is 56.4 Å². The van der Waals surface area contributed by atoms with E-state index in [0.717, 1.165) is 22.3 Å². The molecule has 0 saturated carbocycles. The van der Waals surface area contributed by atoms with Gasteiger partial charge in [-0.25, -0.2) is 0 Å². The Labute approximate surface area is 186 Å². The molecule has 2 aromatic carbocycles. The van der Waals surface area contributed by atoms with Crippen LogP contribution < -0.4 is 10.1 Å². The van der Waals surface area contributed by atoms with Gasteiger partial charge in [-0.2, -0.15) is 0 Å². The number of hydrogen-bond donors (Lipinski definition) is 1. The highest BCUT2D eigenvalue weighted by atomic mass is 16.5. The highest BCUT2D eigenvalue weighted by Crippen LogP contribution is 2.20. The van der Waals surface area contributed by atoms with Gasteiger partial charge in [-0.1, -0.05) is 54.4 Å². The molecule has 0 saturated heterocycles. The van der Waals surface area contributed by atoms with Crippen LogP contribution in [0, 0.1) is 20.8 Å². The zero-order valence-corrected chi connectivity index (χ0v) is 19.9. The number of amides is 2. The summed E-state index contributed by atoms with van der Waals surface area (Å²) in [6.07, 6.45) is 0.517. The average molecular weight is 425 g/mol. The molecule has 1 N–H and O–H groups in total. The van der Waals surface area contributed by atoms with Crippen LogP contribution in [0.15, 0.2) is 42.5 Å². The van der Waals surface area contributed by atoms with E-state index in [1.165, 1.54) is 0 Å². The first kappa shape index (κ1) is 24.4. The van der Waals surface area contributed by atoms with Gasteiger partial charge in [0.15, 0.2) is 6.61 Å². The first-order valence-electron chi connectivity index (χ1n) is 10.9. The number of carbonyl (C=O) groups excluding carboxylic acids is 2. The van der Waals surface area contributed by atoms with E-state index < -0.39 is 6.04 Å². The predicted molar refractivity (Wildman–Crippen MR) is 125 cm³/mol. The number of benzene rings is 2. The van der Waals surface area contributed by atoms with Crippen LogP contribution in [-0.4, -0.2) is 34.9 Å². The number of nitrogens with zero attached hydrogens (tertiary/aromatic N) is 1. The van der Waals surface area contributed by atoms with Gasteiger partial charge in [0.2, 0.25) is 5.91 Å². The fourth-order valence-corrected chi connectivity index (χ4v) is 3.45. The van der Waals surface area contributed by atoms with E-state index in [4.69, 9.17) is 4.74 Å². The van der Waals surface area contributed by atoms with Gasteiger partial charge in [-0.15, -0.1) is 0 Å². The van der Waals surface area contributed by atoms with Crippen LogP contribution in [0.4, 0.5) is 0 Å². The normalized spacial score (nSPS) is 12.2. The molecule has 31 heavy (non-hydrogen) atoms. The second-order valence-corrected chi connectivity index (χ2v) is 9.23. The minimum atomic E-state index is -0.573. The highest BCUT2D eigenvalue weighted by molar-refractivity contribution is 5.88. The van der Waals surface area contributed by atoms with E-state index in [-0.39, 0.29) is 24.0 Å². The molecule has 168 valence electrons. The van der Waals surface area contributed by atoms with Crippen molar-refractivity contribution >= 4 is 11.8 Å². The third-order valence-corrected chi connectivity index (χ3v) is 5.04. The molecule has 0 aliphatic carbocycles. The SMILES string of the molecule is CC[C@H](C(=O)NC(C)(C)C)N(Cc1ccc(C)cc1)C(=O)COc1ccc(C)cc1C. The number of carbonyl (C=O) groups is 2. The third kappa shape index (κ3) is 7.42. The van der Waals surface area contributed by atoms with E-state index in [9.17, 15) is 9.59 Å². The van der Waals surface area contributed by atoms with Gasteiger partial charge in [0.05, 0.1) is 0 Å². The average Bonchev–Trinajstić information content (AvgIpc) is 2.67. The second kappa shape index (κ2) is 10.5. The van der Waals surface area contributed by atoms with E-state index >= 15 is 0 Å². The number of nitrogens with one attached hydrogen (secondary N) is 1. The molecule has 2 aromatic rings. The molecule has 5 heteroatoms. The number of aryl methyl sites for hydroxylation is 3. The number of ether oxygens (including phenoxy) is 1. The Morgan fingerprint density at radius 2 is 1.61 bits per heavy atom. The summed E-state index contributed by atoms with van der Waals surface area (Å²) >= 11 is 0. The standard InChI is InChI=1S/C26H36N2O3/c1-8-22(25(30)27-26(5,6)7)28(16-21-12-9-18(2)10-13-21)24(29)17-31-23-14-11-19(3)15-20(23)4/h9-15,22H,8,16-17H2,1-7H3,(H,27,30)/t22-/m1/s1. The van der Waals surface area contributed by atoms with Crippen LogP contribution in [0.2, 0.25) is 0 Å². The van der Waals surface area contributed by atoms with Crippen LogP contribution in [0.5, 0.6) is 5.75 Å². The Kier molecular flexibility index (Phi) is 8.26. The van der Waals surface area contributed by atoms with Gasteiger partial charge >= 0.3 is 0 Å². The lowest BCUT2D eigenvalue weighted by atomic mass is 10.1. The molecule has 1 atom stereocenters. The summed E-state index contributed by atoms with van der Waals surface area (Å²) in [6, 6.07) is 13.3. The lowest BCUT2D eigenvalue weighted by Crippen LogP contribution is -2.54. The Bertz CT molecular complexity index is 898. The lowest BCUT2D eigenvalue weighted by molar-refractivity contribution is -0.143. The summed E-state index contributed by atoms with van der Waals surface area (Å²) < 4.78 is 5.84. The first-order chi connectivity index (χ1) is 14.5. The maximum atomic E-state index is 13.3. The Morgan fingerprint density at radius 3 is 2.16 bits per heavy atom. The van der Waals surface area contributed by atoms with E-state index in [2.05, 4.69) is 5.32 Å². The highest BCUT2D eigenvalue weighted by Gasteiger charge is 2.30. The van der Waals surface area contributed by atoms with Crippen molar-refractivity contribution in [1.82, 2.24) is 10.2 Å². The number of rotatable bonds is 8. The molecule has 0 heterocycles. The van der Waals surface area contributed by atoms with Crippen molar-refractivity contribution < 1.29 is 14.3 Å². The smallest absolute Gasteiger partial charge is 0.261 e. The summed E-state index contributed by atoms with van der Waals surface area (Å²) in [5, 5.41) is 3.02. The summed E-state index contributed by atoms with van der Waals surface area (Å²) in [5.74, 6) is 0.319. The topological polar surface area (TPSA) is 58.6 Å². The molecular formula is C26H36N2O3. The summed E-state index contributed by atoms with van der Waals surface area (Å²) in [5.41, 5.74) is 3.88. The van der Waals surface area contributed by atoms with Crippen molar-refractivity contribution in [3.05, 3.63) is 64.7 Å². The molecule has 0 radical (unpaired) electrons. The molecule has 0 aromatic heterocycles. The predicted octanol–water partition coefficient (Wildman–Crippen LogP) is 4.71. The molecule has 5 nitrogen and oxygen atoms in total. The molecule has 0 aliphatic rings. The zero-order valence-electron chi connectivity index (χ0n) is 19.9. The molecule has 0 bridgehead atoms. The largest absolute Gasteiger partial charge is 0.483 e. The second-order valence-electron chi connectivity index (χ2n) is 9.23. The van der Waals surface area contributed by atoms with Gasteiger partial charge in [0.1, 0.15) is 11.8 Å². The molecular weight excluding hydrogens is 388 g/mol. The van der Waals surface area contributed by atoms with Crippen molar-refractivity contribution in [2.75, 3.05) is 6.61 Å². The third-order valence-electron chi connectivity index (χ3n) is 5.04. The molecule has 0 unspecified atom stereocenters. The van der Waals surface area contributed by atoms with Crippen molar-refractivity contribution in [3.8, 4) is 5.75 Å². The monoisotopic (exact) mass is 424 g/mol. The fraction of sp³-hybridized carbons (Fsp3) is 0.462. The van der Waals surface area contributed by atoms with E-state index in [1.54, 1.807) is 4.90 Å². The van der Waals surface area contributed by atoms with Crippen molar-refractivity contribution in [2.45, 2.75) is 73.0 Å². The minimum absolute atomic E-state index is 0.116. The molecule has 2 rings (SSSR count). The molecule has 0 fully saturated rings. The van der Waals surface area contributed by atoms with Gasteiger partial charge < -0.3 is 15.0 Å². The van der Waals surface area contributed by atoms with Crippen LogP contribution in [0.25, 0.3) is 0 Å². The quantitative estimate of drug-likeness (QED) is 0.667. The first-order valence-corrected chi connectivity index (χ1v) is 10.9. The molecule has 2 amide bonds. The Hall–Kier alpha value is -2.82. The Balaban J connectivity index is 2.24. The van der Waals surface area contributed by atoms with Gasteiger partial charge in [-0.05, 0) is 65.2 Å². The van der Waals surface area contributed by atoms with Crippen LogP contribution in [0.3, 0.4) is 0 Å². The minimum Gasteiger partial charge on any atom is -0.483 e. The van der Waals surface area contributed by atoms with E-state index in [0.29, 0.717) is 18.7 Å². The molecule has 0 spiro atoms. The van der Waals surface area contributed by atoms with Crippen LogP contribution in [-0.2, 0) is 16.1 Å². The van der Waals surface area contributed by atoms with Crippen molar-refractivity contribution in [1.29, 1.82) is 0 Å². The maximum Gasteiger partial charge on any atom is 0.261 e. The van der Waals surface area contributed by atoms with Crippen LogP contribution >= 0.6 is 0 Å². The fourth-order valence-electron chi connectivity index (χ4n) is 3.45. The molecule has 0 aliphatic heterocycles. The summed E-state index contributed by atoms with van der Waals surface area (Å²) in [4.78, 5) is 27.9. The van der Waals surface area contributed by atoms with E-state index in [1.807, 2.05) is 90.9 Å². The zero-order chi connectivity index (χ0) is 23.2. The van der Waals surface area contributed by atoms with Gasteiger partial charge in [-0.3, -0.25) is 9.59 Å². The Morgan fingerprint density at radius 1 is 1.00 bits per heavy atom. The maximum absolute atomic E-state index is 13.3. The summed E-state index contributed by atoms with van der Waals surface area (Å²) in [7, 11) is 0. The van der Waals surface area contributed by atoms with Gasteiger partial charge in [0, 0.05) is 12.1 Å². The van der Waals surface area contributed by atoms with Gasteiger partial charge in [0.25, 0.3) is 5.91 Å². The van der Waals surface area contributed by atoms with Crippen molar-refractivity contribution in [3.63, 3.8) is 0 Å². The van der Waals surface area contributed by atoms with Crippen molar-refractivity contribution in [2.24, 2.45) is 0 Å². The lowest BCUT2D eigenvalue weighted by Gasteiger charge is -2.33.